The Kier molecular flexibility index (Phi) is 5.23. The van der Waals surface area contributed by atoms with E-state index in [-0.39, 0.29) is 5.91 Å². The Morgan fingerprint density at radius 2 is 1.79 bits per heavy atom. The van der Waals surface area contributed by atoms with Crippen LogP contribution >= 0.6 is 23.2 Å². The monoisotopic (exact) mass is 364 g/mol. The van der Waals surface area contributed by atoms with Crippen molar-refractivity contribution in [1.29, 1.82) is 0 Å². The van der Waals surface area contributed by atoms with Crippen molar-refractivity contribution in [1.82, 2.24) is 9.88 Å². The van der Waals surface area contributed by atoms with E-state index in [4.69, 9.17) is 28.9 Å². The minimum atomic E-state index is 0.0355. The van der Waals surface area contributed by atoms with Crippen LogP contribution in [0.1, 0.15) is 15.9 Å². The summed E-state index contributed by atoms with van der Waals surface area (Å²) in [6.45, 7) is 3.08. The number of carbonyl (C=O) groups excluding carboxylic acids is 1. The lowest BCUT2D eigenvalue weighted by Gasteiger charge is -2.35. The van der Waals surface area contributed by atoms with Crippen molar-refractivity contribution in [3.63, 3.8) is 0 Å². The molecule has 2 aromatic rings. The van der Waals surface area contributed by atoms with Gasteiger partial charge in [-0.3, -0.25) is 4.79 Å². The largest absolute Gasteiger partial charge is 0.352 e. The minimum absolute atomic E-state index is 0.0355. The molecule has 1 aromatic heterocycles. The van der Waals surface area contributed by atoms with Crippen molar-refractivity contribution in [2.24, 2.45) is 5.73 Å². The third-order valence-corrected chi connectivity index (χ3v) is 4.58. The fourth-order valence-electron chi connectivity index (χ4n) is 2.73. The molecule has 0 aliphatic carbocycles. The summed E-state index contributed by atoms with van der Waals surface area (Å²) in [4.78, 5) is 20.8. The molecule has 2 N–H and O–H groups in total. The number of pyridine rings is 1. The summed E-state index contributed by atoms with van der Waals surface area (Å²) in [6, 6.07) is 9.12. The maximum absolute atomic E-state index is 12.6. The highest BCUT2D eigenvalue weighted by molar-refractivity contribution is 6.36. The standard InChI is InChI=1S/C17H18Cl2N4O/c18-14-9-15(19)16(21-11-14)22-5-7-23(8-6-22)17(24)13-3-1-12(10-20)2-4-13/h1-4,9,11H,5-8,10,20H2. The van der Waals surface area contributed by atoms with E-state index >= 15 is 0 Å². The van der Waals surface area contributed by atoms with E-state index in [1.165, 1.54) is 0 Å². The fraction of sp³-hybridized carbons (Fsp3) is 0.294. The number of piperazine rings is 1. The fourth-order valence-corrected chi connectivity index (χ4v) is 3.23. The predicted molar refractivity (Wildman–Crippen MR) is 96.7 cm³/mol. The quantitative estimate of drug-likeness (QED) is 0.909. The van der Waals surface area contributed by atoms with Crippen molar-refractivity contribution >= 4 is 34.9 Å². The van der Waals surface area contributed by atoms with Gasteiger partial charge in [0.05, 0.1) is 10.0 Å². The van der Waals surface area contributed by atoms with Gasteiger partial charge in [-0.05, 0) is 23.8 Å². The van der Waals surface area contributed by atoms with Gasteiger partial charge in [0.1, 0.15) is 5.82 Å². The molecular formula is C17H18Cl2N4O. The van der Waals surface area contributed by atoms with Gasteiger partial charge in [0.15, 0.2) is 0 Å². The molecule has 3 rings (SSSR count). The van der Waals surface area contributed by atoms with Crippen LogP contribution in [0, 0.1) is 0 Å². The van der Waals surface area contributed by atoms with Crippen LogP contribution in [0.25, 0.3) is 0 Å². The van der Waals surface area contributed by atoms with E-state index in [1.54, 1.807) is 12.3 Å². The van der Waals surface area contributed by atoms with E-state index in [2.05, 4.69) is 9.88 Å². The van der Waals surface area contributed by atoms with Gasteiger partial charge in [-0.25, -0.2) is 4.98 Å². The number of nitrogens with two attached hydrogens (primary N) is 1. The molecular weight excluding hydrogens is 347 g/mol. The van der Waals surface area contributed by atoms with Crippen LogP contribution in [0.4, 0.5) is 5.82 Å². The van der Waals surface area contributed by atoms with Crippen molar-refractivity contribution in [3.8, 4) is 0 Å². The lowest BCUT2D eigenvalue weighted by molar-refractivity contribution is 0.0746. The van der Waals surface area contributed by atoms with Crippen LogP contribution in [-0.4, -0.2) is 42.0 Å². The molecule has 1 aliphatic heterocycles. The van der Waals surface area contributed by atoms with Crippen molar-refractivity contribution in [2.45, 2.75) is 6.54 Å². The summed E-state index contributed by atoms with van der Waals surface area (Å²) in [7, 11) is 0. The van der Waals surface area contributed by atoms with Gasteiger partial charge in [-0.15, -0.1) is 0 Å². The Morgan fingerprint density at radius 3 is 2.38 bits per heavy atom. The molecule has 5 nitrogen and oxygen atoms in total. The Hall–Kier alpha value is -1.82. The number of hydrogen-bond acceptors (Lipinski definition) is 4. The highest BCUT2D eigenvalue weighted by atomic mass is 35.5. The first-order valence-corrected chi connectivity index (χ1v) is 8.48. The Morgan fingerprint density at radius 1 is 1.12 bits per heavy atom. The molecule has 1 aliphatic rings. The molecule has 0 saturated carbocycles. The molecule has 1 aromatic carbocycles. The second-order valence-electron chi connectivity index (χ2n) is 5.64. The number of aromatic nitrogens is 1. The lowest BCUT2D eigenvalue weighted by Crippen LogP contribution is -2.49. The summed E-state index contributed by atoms with van der Waals surface area (Å²) < 4.78 is 0. The number of rotatable bonds is 3. The van der Waals surface area contributed by atoms with Crippen molar-refractivity contribution in [2.75, 3.05) is 31.1 Å². The van der Waals surface area contributed by atoms with E-state index in [1.807, 2.05) is 29.2 Å². The van der Waals surface area contributed by atoms with Crippen LogP contribution in [-0.2, 0) is 6.54 Å². The molecule has 0 spiro atoms. The Balaban J connectivity index is 1.64. The smallest absolute Gasteiger partial charge is 0.253 e. The molecule has 7 heteroatoms. The lowest BCUT2D eigenvalue weighted by atomic mass is 10.1. The van der Waals surface area contributed by atoms with Gasteiger partial charge in [-0.2, -0.15) is 0 Å². The molecule has 2 heterocycles. The van der Waals surface area contributed by atoms with E-state index in [0.29, 0.717) is 54.2 Å². The van der Waals surface area contributed by atoms with E-state index in [9.17, 15) is 4.79 Å². The maximum Gasteiger partial charge on any atom is 0.253 e. The summed E-state index contributed by atoms with van der Waals surface area (Å²) in [5.41, 5.74) is 7.28. The minimum Gasteiger partial charge on any atom is -0.352 e. The molecule has 0 unspecified atom stereocenters. The first-order valence-electron chi connectivity index (χ1n) is 7.73. The van der Waals surface area contributed by atoms with Crippen LogP contribution in [0.2, 0.25) is 10.0 Å². The Bertz CT molecular complexity index is 728. The molecule has 1 amide bonds. The second kappa shape index (κ2) is 7.38. The van der Waals surface area contributed by atoms with Crippen LogP contribution in [0.5, 0.6) is 0 Å². The normalized spacial score (nSPS) is 14.8. The number of amides is 1. The SMILES string of the molecule is NCc1ccc(C(=O)N2CCN(c3ncc(Cl)cc3Cl)CC2)cc1. The van der Waals surface area contributed by atoms with E-state index in [0.717, 1.165) is 5.56 Å². The first kappa shape index (κ1) is 17.0. The van der Waals surface area contributed by atoms with Gasteiger partial charge < -0.3 is 15.5 Å². The van der Waals surface area contributed by atoms with Gasteiger partial charge in [0, 0.05) is 44.5 Å². The van der Waals surface area contributed by atoms with Gasteiger partial charge in [-0.1, -0.05) is 35.3 Å². The molecule has 126 valence electrons. The molecule has 0 radical (unpaired) electrons. The summed E-state index contributed by atoms with van der Waals surface area (Å²) in [5, 5.41) is 1.04. The second-order valence-corrected chi connectivity index (χ2v) is 6.48. The highest BCUT2D eigenvalue weighted by Gasteiger charge is 2.24. The predicted octanol–water partition coefficient (Wildman–Crippen LogP) is 2.81. The third kappa shape index (κ3) is 3.64. The summed E-state index contributed by atoms with van der Waals surface area (Å²) in [5.74, 6) is 0.744. The maximum atomic E-state index is 12.6. The number of hydrogen-bond donors (Lipinski definition) is 1. The zero-order valence-electron chi connectivity index (χ0n) is 13.1. The van der Waals surface area contributed by atoms with Crippen molar-refractivity contribution in [3.05, 3.63) is 57.7 Å². The van der Waals surface area contributed by atoms with Gasteiger partial charge >= 0.3 is 0 Å². The zero-order chi connectivity index (χ0) is 17.1. The first-order chi connectivity index (χ1) is 11.6. The Labute approximate surface area is 151 Å². The molecule has 1 saturated heterocycles. The molecule has 24 heavy (non-hydrogen) atoms. The van der Waals surface area contributed by atoms with Crippen LogP contribution in [0.3, 0.4) is 0 Å². The van der Waals surface area contributed by atoms with Gasteiger partial charge in [0.25, 0.3) is 5.91 Å². The number of carbonyl (C=O) groups is 1. The summed E-state index contributed by atoms with van der Waals surface area (Å²) >= 11 is 12.1. The number of halogens is 2. The number of nitrogens with zero attached hydrogens (tertiary/aromatic N) is 3. The zero-order valence-corrected chi connectivity index (χ0v) is 14.6. The van der Waals surface area contributed by atoms with Crippen molar-refractivity contribution < 1.29 is 4.79 Å². The summed E-state index contributed by atoms with van der Waals surface area (Å²) in [6.07, 6.45) is 1.58. The average Bonchev–Trinajstić information content (AvgIpc) is 2.61. The highest BCUT2D eigenvalue weighted by Crippen LogP contribution is 2.27. The molecule has 0 bridgehead atoms. The van der Waals surface area contributed by atoms with Crippen LogP contribution in [0.15, 0.2) is 36.5 Å². The van der Waals surface area contributed by atoms with E-state index < -0.39 is 0 Å². The molecule has 1 fully saturated rings. The number of benzene rings is 1. The molecule has 0 atom stereocenters. The average molecular weight is 365 g/mol. The number of anilines is 1. The van der Waals surface area contributed by atoms with Gasteiger partial charge in [0.2, 0.25) is 0 Å². The topological polar surface area (TPSA) is 62.5 Å². The third-order valence-electron chi connectivity index (χ3n) is 4.09. The van der Waals surface area contributed by atoms with Crippen LogP contribution < -0.4 is 10.6 Å².